The van der Waals surface area contributed by atoms with Crippen molar-refractivity contribution in [2.45, 2.75) is 6.92 Å². The van der Waals surface area contributed by atoms with Crippen LogP contribution in [0.5, 0.6) is 11.5 Å². The van der Waals surface area contributed by atoms with Gasteiger partial charge in [-0.2, -0.15) is 0 Å². The molecule has 0 saturated carbocycles. The zero-order valence-electron chi connectivity index (χ0n) is 14.2. The number of nitrogens with one attached hydrogen (secondary N) is 2. The van der Waals surface area contributed by atoms with Crippen LogP contribution in [0.4, 0.5) is 0 Å². The van der Waals surface area contributed by atoms with Crippen molar-refractivity contribution in [3.05, 3.63) is 65.2 Å². The molecule has 0 spiro atoms. The second-order valence-corrected chi connectivity index (χ2v) is 5.53. The van der Waals surface area contributed by atoms with Crippen molar-refractivity contribution >= 4 is 29.5 Å². The number of rotatable bonds is 7. The van der Waals surface area contributed by atoms with Crippen LogP contribution >= 0.6 is 11.6 Å². The van der Waals surface area contributed by atoms with Crippen LogP contribution in [0, 0.1) is 0 Å². The summed E-state index contributed by atoms with van der Waals surface area (Å²) >= 11 is 5.79. The summed E-state index contributed by atoms with van der Waals surface area (Å²) in [6.45, 7) is 2.09. The van der Waals surface area contributed by atoms with Crippen LogP contribution in [-0.4, -0.2) is 25.0 Å². The summed E-state index contributed by atoms with van der Waals surface area (Å²) in [5.41, 5.74) is 5.36. The Kier molecular flexibility index (Phi) is 7.51. The van der Waals surface area contributed by atoms with Gasteiger partial charge in [-0.05, 0) is 42.8 Å². The van der Waals surface area contributed by atoms with Gasteiger partial charge in [0.1, 0.15) is 0 Å². The molecule has 2 N–H and O–H groups in total. The van der Waals surface area contributed by atoms with Crippen LogP contribution in [0.1, 0.15) is 12.5 Å². The molecule has 0 bridgehead atoms. The molecule has 7 heteroatoms. The summed E-state index contributed by atoms with van der Waals surface area (Å²) in [5, 5.41) is 0.616. The minimum Gasteiger partial charge on any atom is -0.490 e. The quantitative estimate of drug-likeness (QED) is 0.577. The Morgan fingerprint density at radius 2 is 1.65 bits per heavy atom. The van der Waals surface area contributed by atoms with Crippen molar-refractivity contribution in [2.24, 2.45) is 0 Å². The number of ether oxygens (including phenoxy) is 2. The smallest absolute Gasteiger partial charge is 0.276 e. The zero-order valence-corrected chi connectivity index (χ0v) is 15.0. The highest BCUT2D eigenvalue weighted by Crippen LogP contribution is 2.26. The fraction of sp³-hybridized carbons (Fsp3) is 0.158. The Morgan fingerprint density at radius 3 is 2.31 bits per heavy atom. The van der Waals surface area contributed by atoms with E-state index in [9.17, 15) is 9.59 Å². The molecule has 0 aliphatic rings. The Balaban J connectivity index is 1.76. The SMILES string of the molecule is CCOc1ccccc1OCC(=O)NNC(=O)/C=C/c1ccc(Cl)cc1. The van der Waals surface area contributed by atoms with E-state index in [-0.39, 0.29) is 6.61 Å². The number of amides is 2. The maximum atomic E-state index is 11.8. The minimum atomic E-state index is -0.496. The highest BCUT2D eigenvalue weighted by Gasteiger charge is 2.07. The number of hydrogen-bond acceptors (Lipinski definition) is 4. The van der Waals surface area contributed by atoms with Gasteiger partial charge in [0.15, 0.2) is 18.1 Å². The Hall–Kier alpha value is -2.99. The second-order valence-electron chi connectivity index (χ2n) is 5.09. The lowest BCUT2D eigenvalue weighted by atomic mass is 10.2. The van der Waals surface area contributed by atoms with Crippen LogP contribution in [0.15, 0.2) is 54.6 Å². The van der Waals surface area contributed by atoms with E-state index in [1.807, 2.05) is 13.0 Å². The summed E-state index contributed by atoms with van der Waals surface area (Å²) in [6, 6.07) is 14.0. The van der Waals surface area contributed by atoms with E-state index < -0.39 is 11.8 Å². The first kappa shape index (κ1) is 19.3. The molecule has 0 heterocycles. The molecular formula is C19H19ClN2O4. The predicted octanol–water partition coefficient (Wildman–Crippen LogP) is 2.98. The van der Waals surface area contributed by atoms with Crippen LogP contribution in [-0.2, 0) is 9.59 Å². The lowest BCUT2D eigenvalue weighted by Gasteiger charge is -2.11. The number of carbonyl (C=O) groups is 2. The van der Waals surface area contributed by atoms with Crippen molar-refractivity contribution in [2.75, 3.05) is 13.2 Å². The molecule has 2 rings (SSSR count). The normalized spacial score (nSPS) is 10.4. The van der Waals surface area contributed by atoms with Crippen LogP contribution in [0.3, 0.4) is 0 Å². The van der Waals surface area contributed by atoms with E-state index >= 15 is 0 Å². The van der Waals surface area contributed by atoms with Crippen molar-refractivity contribution in [1.82, 2.24) is 10.9 Å². The molecule has 0 atom stereocenters. The van der Waals surface area contributed by atoms with Crippen LogP contribution < -0.4 is 20.3 Å². The average molecular weight is 375 g/mol. The fourth-order valence-corrected chi connectivity index (χ4v) is 2.07. The molecular weight excluding hydrogens is 356 g/mol. The van der Waals surface area contributed by atoms with E-state index in [2.05, 4.69) is 10.9 Å². The van der Waals surface area contributed by atoms with E-state index in [1.165, 1.54) is 6.08 Å². The number of para-hydroxylation sites is 2. The summed E-state index contributed by atoms with van der Waals surface area (Å²) in [6.07, 6.45) is 2.90. The van der Waals surface area contributed by atoms with Gasteiger partial charge in [-0.3, -0.25) is 20.4 Å². The van der Waals surface area contributed by atoms with Gasteiger partial charge in [0, 0.05) is 11.1 Å². The Labute approximate surface area is 156 Å². The maximum absolute atomic E-state index is 11.8. The van der Waals surface area contributed by atoms with E-state index in [1.54, 1.807) is 48.5 Å². The Bertz CT molecular complexity index is 775. The molecule has 0 fully saturated rings. The van der Waals surface area contributed by atoms with E-state index in [0.29, 0.717) is 23.1 Å². The second kappa shape index (κ2) is 10.1. The number of hydrazine groups is 1. The van der Waals surface area contributed by atoms with Gasteiger partial charge in [-0.25, -0.2) is 0 Å². The third-order valence-electron chi connectivity index (χ3n) is 3.13. The van der Waals surface area contributed by atoms with Crippen molar-refractivity contribution < 1.29 is 19.1 Å². The van der Waals surface area contributed by atoms with Crippen molar-refractivity contribution in [3.8, 4) is 11.5 Å². The summed E-state index contributed by atoms with van der Waals surface area (Å²) in [4.78, 5) is 23.5. The molecule has 0 aliphatic carbocycles. The lowest BCUT2D eigenvalue weighted by Crippen LogP contribution is -2.43. The van der Waals surface area contributed by atoms with Gasteiger partial charge in [-0.15, -0.1) is 0 Å². The molecule has 6 nitrogen and oxygen atoms in total. The molecule has 2 aromatic rings. The van der Waals surface area contributed by atoms with Crippen LogP contribution in [0.25, 0.3) is 6.08 Å². The van der Waals surface area contributed by atoms with Gasteiger partial charge >= 0.3 is 0 Å². The number of hydrogen-bond donors (Lipinski definition) is 2. The molecule has 0 unspecified atom stereocenters. The molecule has 0 aromatic heterocycles. The molecule has 0 radical (unpaired) electrons. The summed E-state index contributed by atoms with van der Waals surface area (Å²) in [5.74, 6) is 0.0451. The van der Waals surface area contributed by atoms with Crippen molar-refractivity contribution in [3.63, 3.8) is 0 Å². The highest BCUT2D eigenvalue weighted by molar-refractivity contribution is 6.30. The number of benzene rings is 2. The zero-order chi connectivity index (χ0) is 18.8. The minimum absolute atomic E-state index is 0.259. The number of carbonyl (C=O) groups excluding carboxylic acids is 2. The van der Waals surface area contributed by atoms with E-state index in [0.717, 1.165) is 5.56 Å². The lowest BCUT2D eigenvalue weighted by molar-refractivity contribution is -0.128. The van der Waals surface area contributed by atoms with E-state index in [4.69, 9.17) is 21.1 Å². The van der Waals surface area contributed by atoms with Gasteiger partial charge < -0.3 is 9.47 Å². The fourth-order valence-electron chi connectivity index (χ4n) is 1.94. The molecule has 136 valence electrons. The monoisotopic (exact) mass is 374 g/mol. The molecule has 26 heavy (non-hydrogen) atoms. The van der Waals surface area contributed by atoms with Crippen LogP contribution in [0.2, 0.25) is 5.02 Å². The first-order valence-electron chi connectivity index (χ1n) is 7.95. The predicted molar refractivity (Wildman–Crippen MR) is 99.9 cm³/mol. The highest BCUT2D eigenvalue weighted by atomic mass is 35.5. The largest absolute Gasteiger partial charge is 0.490 e. The topological polar surface area (TPSA) is 76.7 Å². The summed E-state index contributed by atoms with van der Waals surface area (Å²) < 4.78 is 10.8. The first-order chi connectivity index (χ1) is 12.6. The van der Waals surface area contributed by atoms with Gasteiger partial charge in [0.2, 0.25) is 0 Å². The number of halogens is 1. The molecule has 2 aromatic carbocycles. The molecule has 2 amide bonds. The first-order valence-corrected chi connectivity index (χ1v) is 8.33. The average Bonchev–Trinajstić information content (AvgIpc) is 2.65. The van der Waals surface area contributed by atoms with Gasteiger partial charge in [-0.1, -0.05) is 35.9 Å². The standard InChI is InChI=1S/C19H19ClN2O4/c1-2-25-16-5-3-4-6-17(16)26-13-19(24)22-21-18(23)12-9-14-7-10-15(20)11-8-14/h3-12H,2,13H2,1H3,(H,21,23)(H,22,24)/b12-9+. The third-order valence-corrected chi connectivity index (χ3v) is 3.38. The molecule has 0 aliphatic heterocycles. The summed E-state index contributed by atoms with van der Waals surface area (Å²) in [7, 11) is 0. The Morgan fingerprint density at radius 1 is 1.00 bits per heavy atom. The molecule has 0 saturated heterocycles. The van der Waals surface area contributed by atoms with Gasteiger partial charge in [0.25, 0.3) is 11.8 Å². The maximum Gasteiger partial charge on any atom is 0.276 e. The van der Waals surface area contributed by atoms with Gasteiger partial charge in [0.05, 0.1) is 6.61 Å². The van der Waals surface area contributed by atoms with Crippen molar-refractivity contribution in [1.29, 1.82) is 0 Å². The third kappa shape index (κ3) is 6.49.